The van der Waals surface area contributed by atoms with E-state index in [1.165, 1.54) is 6.42 Å². The maximum absolute atomic E-state index is 11.0. The van der Waals surface area contributed by atoms with Crippen LogP contribution in [0.15, 0.2) is 0 Å². The monoisotopic (exact) mass is 256 g/mol. The van der Waals surface area contributed by atoms with Gasteiger partial charge in [-0.25, -0.2) is 0 Å². The zero-order valence-electron chi connectivity index (χ0n) is 11.8. The molecule has 1 aliphatic rings. The number of aliphatic carboxylic acids is 1. The fourth-order valence-electron chi connectivity index (χ4n) is 2.77. The molecule has 0 heterocycles. The zero-order chi connectivity index (χ0) is 13.4. The fraction of sp³-hybridized carbons (Fsp3) is 0.929. The molecule has 4 nitrogen and oxygen atoms in total. The number of carbonyl (C=O) groups is 1. The van der Waals surface area contributed by atoms with Crippen LogP contribution in [-0.2, 0) is 4.79 Å². The molecule has 0 saturated heterocycles. The number of hydrogen-bond donors (Lipinski definition) is 2. The summed E-state index contributed by atoms with van der Waals surface area (Å²) < 4.78 is 0. The van der Waals surface area contributed by atoms with E-state index in [2.05, 4.69) is 24.1 Å². The van der Waals surface area contributed by atoms with Crippen molar-refractivity contribution in [2.45, 2.75) is 52.0 Å². The van der Waals surface area contributed by atoms with Gasteiger partial charge < -0.3 is 15.3 Å². The van der Waals surface area contributed by atoms with Crippen molar-refractivity contribution in [1.82, 2.24) is 10.2 Å². The molecule has 4 heteroatoms. The Hall–Kier alpha value is -0.610. The summed E-state index contributed by atoms with van der Waals surface area (Å²) in [5.74, 6) is -0.753. The number of carboxylic acid groups (broad SMARTS) is 1. The first-order chi connectivity index (χ1) is 8.67. The van der Waals surface area contributed by atoms with Gasteiger partial charge in [-0.2, -0.15) is 0 Å². The predicted molar refractivity (Wildman–Crippen MR) is 73.8 cm³/mol. The number of likely N-dealkylation sites (N-methyl/N-ethyl adjacent to an activating group) is 1. The molecule has 106 valence electrons. The van der Waals surface area contributed by atoms with Gasteiger partial charge in [0.15, 0.2) is 0 Å². The number of carboxylic acids is 1. The standard InChI is InChI=1S/C14H28N2O2/c1-3-9-16(4-2)10-8-15-13-7-5-6-12(11-13)14(17)18/h12-13,15H,3-11H2,1-2H3,(H,17,18). The van der Waals surface area contributed by atoms with Crippen LogP contribution in [0.25, 0.3) is 0 Å². The van der Waals surface area contributed by atoms with Gasteiger partial charge in [-0.05, 0) is 38.8 Å². The molecule has 1 aliphatic carbocycles. The second kappa shape index (κ2) is 8.48. The highest BCUT2D eigenvalue weighted by Crippen LogP contribution is 2.24. The van der Waals surface area contributed by atoms with Crippen LogP contribution in [-0.4, -0.2) is 48.2 Å². The summed E-state index contributed by atoms with van der Waals surface area (Å²) in [6.45, 7) is 8.69. The molecule has 1 saturated carbocycles. The lowest BCUT2D eigenvalue weighted by molar-refractivity contribution is -0.143. The Morgan fingerprint density at radius 1 is 1.33 bits per heavy atom. The van der Waals surface area contributed by atoms with Crippen molar-refractivity contribution in [1.29, 1.82) is 0 Å². The van der Waals surface area contributed by atoms with Gasteiger partial charge in [-0.15, -0.1) is 0 Å². The van der Waals surface area contributed by atoms with Gasteiger partial charge >= 0.3 is 5.97 Å². The highest BCUT2D eigenvalue weighted by molar-refractivity contribution is 5.70. The van der Waals surface area contributed by atoms with Gasteiger partial charge in [0, 0.05) is 19.1 Å². The molecule has 0 amide bonds. The first-order valence-corrected chi connectivity index (χ1v) is 7.35. The summed E-state index contributed by atoms with van der Waals surface area (Å²) in [6, 6.07) is 0.403. The fourth-order valence-corrected chi connectivity index (χ4v) is 2.77. The van der Waals surface area contributed by atoms with Crippen molar-refractivity contribution in [3.8, 4) is 0 Å². The Balaban J connectivity index is 2.20. The van der Waals surface area contributed by atoms with E-state index in [-0.39, 0.29) is 5.92 Å². The van der Waals surface area contributed by atoms with Crippen LogP contribution in [0.1, 0.15) is 46.0 Å². The molecule has 0 aromatic heterocycles. The second-order valence-electron chi connectivity index (χ2n) is 5.29. The average molecular weight is 256 g/mol. The largest absolute Gasteiger partial charge is 0.481 e. The van der Waals surface area contributed by atoms with Crippen molar-refractivity contribution in [2.75, 3.05) is 26.2 Å². The normalized spacial score (nSPS) is 24.4. The van der Waals surface area contributed by atoms with Gasteiger partial charge in [0.25, 0.3) is 0 Å². The van der Waals surface area contributed by atoms with E-state index in [1.807, 2.05) is 0 Å². The van der Waals surface area contributed by atoms with Crippen molar-refractivity contribution in [2.24, 2.45) is 5.92 Å². The molecule has 0 aromatic rings. The summed E-state index contributed by atoms with van der Waals surface area (Å²) in [6.07, 6.45) is 5.02. The first-order valence-electron chi connectivity index (χ1n) is 7.35. The van der Waals surface area contributed by atoms with Gasteiger partial charge in [0.05, 0.1) is 5.92 Å². The van der Waals surface area contributed by atoms with Crippen LogP contribution in [0, 0.1) is 5.92 Å². The van der Waals surface area contributed by atoms with Crippen molar-refractivity contribution in [3.05, 3.63) is 0 Å². The molecule has 0 aromatic carbocycles. The van der Waals surface area contributed by atoms with E-state index in [0.29, 0.717) is 6.04 Å². The third kappa shape index (κ3) is 5.36. The van der Waals surface area contributed by atoms with E-state index < -0.39 is 5.97 Å². The lowest BCUT2D eigenvalue weighted by atomic mass is 9.86. The Morgan fingerprint density at radius 3 is 2.72 bits per heavy atom. The molecular formula is C14H28N2O2. The Kier molecular flexibility index (Phi) is 7.28. The quantitative estimate of drug-likeness (QED) is 0.697. The van der Waals surface area contributed by atoms with E-state index >= 15 is 0 Å². The third-order valence-corrected chi connectivity index (χ3v) is 3.87. The van der Waals surface area contributed by atoms with Crippen molar-refractivity contribution in [3.63, 3.8) is 0 Å². The summed E-state index contributed by atoms with van der Waals surface area (Å²) in [5.41, 5.74) is 0. The third-order valence-electron chi connectivity index (χ3n) is 3.87. The summed E-state index contributed by atoms with van der Waals surface area (Å²) in [7, 11) is 0. The van der Waals surface area contributed by atoms with Gasteiger partial charge in [-0.3, -0.25) is 4.79 Å². The van der Waals surface area contributed by atoms with Crippen molar-refractivity contribution >= 4 is 5.97 Å². The van der Waals surface area contributed by atoms with Crippen molar-refractivity contribution < 1.29 is 9.90 Å². The SMILES string of the molecule is CCCN(CC)CCNC1CCCC(C(=O)O)C1. The number of nitrogens with zero attached hydrogens (tertiary/aromatic N) is 1. The number of hydrogen-bond acceptors (Lipinski definition) is 3. The lowest BCUT2D eigenvalue weighted by Crippen LogP contribution is -2.40. The zero-order valence-corrected chi connectivity index (χ0v) is 11.8. The minimum atomic E-state index is -0.623. The Morgan fingerprint density at radius 2 is 2.11 bits per heavy atom. The second-order valence-corrected chi connectivity index (χ2v) is 5.29. The molecule has 18 heavy (non-hydrogen) atoms. The minimum Gasteiger partial charge on any atom is -0.481 e. The summed E-state index contributed by atoms with van der Waals surface area (Å²) in [4.78, 5) is 13.4. The summed E-state index contributed by atoms with van der Waals surface area (Å²) in [5, 5.41) is 12.6. The van der Waals surface area contributed by atoms with Crippen LogP contribution < -0.4 is 5.32 Å². The molecule has 0 radical (unpaired) electrons. The Bertz CT molecular complexity index is 246. The lowest BCUT2D eigenvalue weighted by Gasteiger charge is -2.28. The van der Waals surface area contributed by atoms with Crippen LogP contribution in [0.2, 0.25) is 0 Å². The van der Waals surface area contributed by atoms with E-state index in [0.717, 1.165) is 51.9 Å². The molecule has 1 fully saturated rings. The first kappa shape index (κ1) is 15.4. The molecule has 2 N–H and O–H groups in total. The maximum atomic E-state index is 11.0. The molecule has 2 atom stereocenters. The van der Waals surface area contributed by atoms with Crippen LogP contribution in [0.5, 0.6) is 0 Å². The highest BCUT2D eigenvalue weighted by atomic mass is 16.4. The molecule has 0 aliphatic heterocycles. The molecule has 1 rings (SSSR count). The topological polar surface area (TPSA) is 52.6 Å². The van der Waals surface area contributed by atoms with Gasteiger partial charge in [0.1, 0.15) is 0 Å². The smallest absolute Gasteiger partial charge is 0.306 e. The molecule has 0 spiro atoms. The van der Waals surface area contributed by atoms with Crippen LogP contribution in [0.4, 0.5) is 0 Å². The summed E-state index contributed by atoms with van der Waals surface area (Å²) >= 11 is 0. The number of nitrogens with one attached hydrogen (secondary N) is 1. The molecule has 0 bridgehead atoms. The molecular weight excluding hydrogens is 228 g/mol. The predicted octanol–water partition coefficient (Wildman–Crippen LogP) is 1.95. The van der Waals surface area contributed by atoms with Gasteiger partial charge in [-0.1, -0.05) is 20.3 Å². The van der Waals surface area contributed by atoms with Gasteiger partial charge in [0.2, 0.25) is 0 Å². The number of rotatable bonds is 8. The minimum absolute atomic E-state index is 0.130. The molecule has 2 unspecified atom stereocenters. The van der Waals surface area contributed by atoms with Crippen LogP contribution in [0.3, 0.4) is 0 Å². The highest BCUT2D eigenvalue weighted by Gasteiger charge is 2.26. The maximum Gasteiger partial charge on any atom is 0.306 e. The Labute approximate surface area is 111 Å². The van der Waals surface area contributed by atoms with E-state index in [4.69, 9.17) is 5.11 Å². The van der Waals surface area contributed by atoms with Crippen LogP contribution >= 0.6 is 0 Å². The van der Waals surface area contributed by atoms with E-state index in [9.17, 15) is 4.79 Å². The van der Waals surface area contributed by atoms with E-state index in [1.54, 1.807) is 0 Å². The average Bonchev–Trinajstić information content (AvgIpc) is 2.38.